The lowest BCUT2D eigenvalue weighted by Crippen LogP contribution is -2.33. The molecule has 0 aliphatic carbocycles. The lowest BCUT2D eigenvalue weighted by molar-refractivity contribution is 0.102. The summed E-state index contributed by atoms with van der Waals surface area (Å²) in [6.45, 7) is 4.31. The Bertz CT molecular complexity index is 726. The predicted molar refractivity (Wildman–Crippen MR) is 99.3 cm³/mol. The molecule has 1 aliphatic rings. The lowest BCUT2D eigenvalue weighted by Gasteiger charge is -2.31. The smallest absolute Gasteiger partial charge is 0.257 e. The molecule has 126 valence electrons. The van der Waals surface area contributed by atoms with Crippen molar-refractivity contribution in [3.05, 3.63) is 52.1 Å². The number of rotatable bonds is 3. The maximum atomic E-state index is 12.3. The van der Waals surface area contributed by atoms with Gasteiger partial charge in [-0.1, -0.05) is 30.1 Å². The number of piperidine rings is 1. The zero-order chi connectivity index (χ0) is 17.1. The molecule has 0 atom stereocenters. The van der Waals surface area contributed by atoms with E-state index < -0.39 is 0 Å². The molecule has 0 radical (unpaired) electrons. The Kier molecular flexibility index (Phi) is 5.27. The van der Waals surface area contributed by atoms with Crippen LogP contribution in [0.25, 0.3) is 0 Å². The zero-order valence-electron chi connectivity index (χ0n) is 13.4. The molecule has 0 saturated carbocycles. The van der Waals surface area contributed by atoms with Gasteiger partial charge in [-0.25, -0.2) is 4.98 Å². The van der Waals surface area contributed by atoms with Gasteiger partial charge in [-0.05, 0) is 49.1 Å². The third-order valence-corrected chi connectivity index (χ3v) is 5.03. The van der Waals surface area contributed by atoms with Gasteiger partial charge in [-0.3, -0.25) is 4.79 Å². The number of aromatic nitrogens is 1. The van der Waals surface area contributed by atoms with E-state index in [4.69, 9.17) is 23.2 Å². The number of hydrogen-bond donors (Lipinski definition) is 1. The number of benzene rings is 1. The number of halogens is 2. The number of pyridine rings is 1. The van der Waals surface area contributed by atoms with Crippen molar-refractivity contribution in [3.8, 4) is 0 Å². The summed E-state index contributed by atoms with van der Waals surface area (Å²) in [6.07, 6.45) is 3.97. The Labute approximate surface area is 151 Å². The van der Waals surface area contributed by atoms with Gasteiger partial charge >= 0.3 is 0 Å². The van der Waals surface area contributed by atoms with Crippen LogP contribution in [0.15, 0.2) is 36.5 Å². The molecular weight excluding hydrogens is 345 g/mol. The fraction of sp³-hybridized carbons (Fsp3) is 0.333. The second-order valence-electron chi connectivity index (χ2n) is 6.16. The Morgan fingerprint density at radius 3 is 2.54 bits per heavy atom. The van der Waals surface area contributed by atoms with Crippen LogP contribution in [0, 0.1) is 5.92 Å². The van der Waals surface area contributed by atoms with E-state index in [-0.39, 0.29) is 5.91 Å². The van der Waals surface area contributed by atoms with Crippen molar-refractivity contribution in [1.82, 2.24) is 4.98 Å². The van der Waals surface area contributed by atoms with Crippen LogP contribution in [-0.2, 0) is 0 Å². The molecule has 0 unspecified atom stereocenters. The van der Waals surface area contributed by atoms with E-state index in [0.29, 0.717) is 21.3 Å². The van der Waals surface area contributed by atoms with Crippen LogP contribution in [0.2, 0.25) is 10.0 Å². The standard InChI is InChI=1S/C18H19Cl2N3O/c1-12-6-8-23(9-7-12)17-5-2-13(11-21-17)18(24)22-14-3-4-15(19)16(20)10-14/h2-5,10-12H,6-9H2,1H3,(H,22,24). The van der Waals surface area contributed by atoms with E-state index in [1.807, 2.05) is 6.07 Å². The SMILES string of the molecule is CC1CCN(c2ccc(C(=O)Nc3ccc(Cl)c(Cl)c3)cn2)CC1. The zero-order valence-corrected chi connectivity index (χ0v) is 14.9. The molecule has 2 heterocycles. The van der Waals surface area contributed by atoms with Crippen LogP contribution < -0.4 is 10.2 Å². The third-order valence-electron chi connectivity index (χ3n) is 4.30. The van der Waals surface area contributed by atoms with Crippen molar-refractivity contribution in [2.24, 2.45) is 5.92 Å². The molecule has 1 aromatic heterocycles. The Morgan fingerprint density at radius 1 is 1.17 bits per heavy atom. The monoisotopic (exact) mass is 363 g/mol. The van der Waals surface area contributed by atoms with Gasteiger partial charge in [0.1, 0.15) is 5.82 Å². The first-order valence-corrected chi connectivity index (χ1v) is 8.76. The number of amides is 1. The summed E-state index contributed by atoms with van der Waals surface area (Å²) in [6, 6.07) is 8.69. The Morgan fingerprint density at radius 2 is 1.92 bits per heavy atom. The van der Waals surface area contributed by atoms with Crippen molar-refractivity contribution < 1.29 is 4.79 Å². The molecule has 2 aromatic rings. The highest BCUT2D eigenvalue weighted by atomic mass is 35.5. The summed E-state index contributed by atoms with van der Waals surface area (Å²) in [5.41, 5.74) is 1.11. The topological polar surface area (TPSA) is 45.2 Å². The number of anilines is 2. The average Bonchev–Trinajstić information content (AvgIpc) is 2.59. The molecule has 1 N–H and O–H groups in total. The van der Waals surface area contributed by atoms with E-state index in [2.05, 4.69) is 22.1 Å². The maximum Gasteiger partial charge on any atom is 0.257 e. The van der Waals surface area contributed by atoms with Crippen LogP contribution in [0.5, 0.6) is 0 Å². The minimum Gasteiger partial charge on any atom is -0.357 e. The van der Waals surface area contributed by atoms with Gasteiger partial charge in [0.15, 0.2) is 0 Å². The molecule has 6 heteroatoms. The summed E-state index contributed by atoms with van der Waals surface area (Å²) in [4.78, 5) is 19.0. The van der Waals surface area contributed by atoms with Crippen molar-refractivity contribution >= 4 is 40.6 Å². The third kappa shape index (κ3) is 4.00. The normalized spacial score (nSPS) is 15.4. The molecule has 1 fully saturated rings. The second kappa shape index (κ2) is 7.41. The fourth-order valence-corrected chi connectivity index (χ4v) is 3.02. The van der Waals surface area contributed by atoms with E-state index in [9.17, 15) is 4.79 Å². The molecule has 0 spiro atoms. The van der Waals surface area contributed by atoms with Crippen molar-refractivity contribution in [2.45, 2.75) is 19.8 Å². The molecule has 1 aliphatic heterocycles. The van der Waals surface area contributed by atoms with Gasteiger partial charge in [-0.15, -0.1) is 0 Å². The van der Waals surface area contributed by atoms with Gasteiger partial charge in [-0.2, -0.15) is 0 Å². The molecule has 1 aromatic carbocycles. The highest BCUT2D eigenvalue weighted by Gasteiger charge is 2.17. The number of carbonyl (C=O) groups excluding carboxylic acids is 1. The van der Waals surface area contributed by atoms with Crippen LogP contribution in [0.1, 0.15) is 30.1 Å². The van der Waals surface area contributed by atoms with Crippen molar-refractivity contribution in [3.63, 3.8) is 0 Å². The van der Waals surface area contributed by atoms with Crippen LogP contribution in [-0.4, -0.2) is 24.0 Å². The average molecular weight is 364 g/mol. The summed E-state index contributed by atoms with van der Waals surface area (Å²) in [5.74, 6) is 1.48. The minimum atomic E-state index is -0.222. The first-order chi connectivity index (χ1) is 11.5. The van der Waals surface area contributed by atoms with Gasteiger partial charge in [0, 0.05) is 25.0 Å². The van der Waals surface area contributed by atoms with E-state index in [1.165, 1.54) is 12.8 Å². The van der Waals surface area contributed by atoms with Crippen LogP contribution >= 0.6 is 23.2 Å². The summed E-state index contributed by atoms with van der Waals surface area (Å²) in [5, 5.41) is 3.66. The fourth-order valence-electron chi connectivity index (χ4n) is 2.72. The molecule has 1 amide bonds. The second-order valence-corrected chi connectivity index (χ2v) is 6.97. The van der Waals surface area contributed by atoms with Crippen molar-refractivity contribution in [1.29, 1.82) is 0 Å². The quantitative estimate of drug-likeness (QED) is 0.845. The molecule has 0 bridgehead atoms. The van der Waals surface area contributed by atoms with Gasteiger partial charge < -0.3 is 10.2 Å². The van der Waals surface area contributed by atoms with E-state index in [1.54, 1.807) is 30.5 Å². The molecule has 3 rings (SSSR count). The van der Waals surface area contributed by atoms with Gasteiger partial charge in [0.25, 0.3) is 5.91 Å². The summed E-state index contributed by atoms with van der Waals surface area (Å²) in [7, 11) is 0. The number of nitrogens with one attached hydrogen (secondary N) is 1. The number of nitrogens with zero attached hydrogens (tertiary/aromatic N) is 2. The van der Waals surface area contributed by atoms with Gasteiger partial charge in [0.2, 0.25) is 0 Å². The lowest BCUT2D eigenvalue weighted by atomic mass is 9.99. The largest absolute Gasteiger partial charge is 0.357 e. The van der Waals surface area contributed by atoms with E-state index >= 15 is 0 Å². The molecule has 1 saturated heterocycles. The molecule has 4 nitrogen and oxygen atoms in total. The predicted octanol–water partition coefficient (Wildman–Crippen LogP) is 4.88. The molecule has 24 heavy (non-hydrogen) atoms. The number of carbonyl (C=O) groups is 1. The first-order valence-electron chi connectivity index (χ1n) is 8.00. The highest BCUT2D eigenvalue weighted by Crippen LogP contribution is 2.25. The first kappa shape index (κ1) is 17.1. The van der Waals surface area contributed by atoms with Crippen LogP contribution in [0.3, 0.4) is 0 Å². The van der Waals surface area contributed by atoms with Crippen LogP contribution in [0.4, 0.5) is 11.5 Å². The Hall–Kier alpha value is -1.78. The van der Waals surface area contributed by atoms with Crippen molar-refractivity contribution in [2.75, 3.05) is 23.3 Å². The highest BCUT2D eigenvalue weighted by molar-refractivity contribution is 6.42. The summed E-state index contributed by atoms with van der Waals surface area (Å²) < 4.78 is 0. The number of hydrogen-bond acceptors (Lipinski definition) is 3. The maximum absolute atomic E-state index is 12.3. The molecular formula is C18H19Cl2N3O. The minimum absolute atomic E-state index is 0.222. The van der Waals surface area contributed by atoms with E-state index in [0.717, 1.165) is 24.8 Å². The van der Waals surface area contributed by atoms with Gasteiger partial charge in [0.05, 0.1) is 15.6 Å². The summed E-state index contributed by atoms with van der Waals surface area (Å²) >= 11 is 11.8. The Balaban J connectivity index is 1.66.